The number of methoxy groups -OCH3 is 1. The molecule has 5 rings (SSSR count). The number of nitrogens with zero attached hydrogens (tertiary/aromatic N) is 4. The van der Waals surface area contributed by atoms with Crippen molar-refractivity contribution in [3.8, 4) is 11.5 Å². The van der Waals surface area contributed by atoms with E-state index in [1.165, 1.54) is 31.4 Å². The van der Waals surface area contributed by atoms with Crippen LogP contribution in [0.25, 0.3) is 0 Å². The first-order valence-corrected chi connectivity index (χ1v) is 13.3. The Kier molecular flexibility index (Phi) is 8.26. The molecule has 3 aromatic rings. The summed E-state index contributed by atoms with van der Waals surface area (Å²) < 4.78 is 26.0. The van der Waals surface area contributed by atoms with Crippen molar-refractivity contribution in [1.29, 1.82) is 0 Å². The first-order chi connectivity index (χ1) is 19.0. The van der Waals surface area contributed by atoms with Crippen LogP contribution < -0.4 is 25.4 Å². The molecule has 206 valence electrons. The van der Waals surface area contributed by atoms with Gasteiger partial charge in [0.1, 0.15) is 11.7 Å². The lowest BCUT2D eigenvalue weighted by Gasteiger charge is -2.33. The number of halogens is 1. The number of hydrogen-bond acceptors (Lipinski definition) is 7. The molecule has 0 aliphatic carbocycles. The van der Waals surface area contributed by atoms with Crippen molar-refractivity contribution < 1.29 is 18.7 Å². The summed E-state index contributed by atoms with van der Waals surface area (Å²) in [4.78, 5) is 20.5. The van der Waals surface area contributed by atoms with Gasteiger partial charge < -0.3 is 30.3 Å². The number of anilines is 2. The first kappa shape index (κ1) is 26.5. The lowest BCUT2D eigenvalue weighted by atomic mass is 10.1. The summed E-state index contributed by atoms with van der Waals surface area (Å²) in [5.74, 6) is 1.30. The fourth-order valence-electron chi connectivity index (χ4n) is 4.97. The number of ether oxygens (including phenoxy) is 2. The fourth-order valence-corrected chi connectivity index (χ4v) is 4.97. The molecule has 0 spiro atoms. The summed E-state index contributed by atoms with van der Waals surface area (Å²) in [6.45, 7) is 4.27. The maximum absolute atomic E-state index is 14.1. The van der Waals surface area contributed by atoms with Crippen molar-refractivity contribution in [2.45, 2.75) is 32.1 Å². The molecule has 2 aliphatic rings. The lowest BCUT2D eigenvalue weighted by molar-refractivity contribution is -0.117. The molecule has 11 heteroatoms. The Morgan fingerprint density at radius 1 is 1.15 bits per heavy atom. The number of rotatable bonds is 10. The van der Waals surface area contributed by atoms with Gasteiger partial charge in [-0.15, -0.1) is 0 Å². The van der Waals surface area contributed by atoms with E-state index < -0.39 is 5.91 Å². The average Bonchev–Trinajstić information content (AvgIpc) is 3.37. The number of nitrogens with two attached hydrogens (primary N) is 1. The third kappa shape index (κ3) is 6.48. The van der Waals surface area contributed by atoms with Gasteiger partial charge in [0.05, 0.1) is 32.5 Å². The van der Waals surface area contributed by atoms with Gasteiger partial charge in [-0.3, -0.25) is 9.89 Å². The number of carbonyl (C=O) groups is 1. The second-order valence-electron chi connectivity index (χ2n) is 9.73. The maximum atomic E-state index is 14.1. The molecule has 0 unspecified atom stereocenters. The molecule has 1 amide bonds. The predicted molar refractivity (Wildman–Crippen MR) is 148 cm³/mol. The zero-order chi connectivity index (χ0) is 27.2. The van der Waals surface area contributed by atoms with Crippen molar-refractivity contribution in [3.05, 3.63) is 59.5 Å². The van der Waals surface area contributed by atoms with Crippen LogP contribution in [0.1, 0.15) is 36.9 Å². The number of likely N-dealkylation sites (tertiary alicyclic amines) is 1. The molecule has 0 bridgehead atoms. The van der Waals surface area contributed by atoms with Crippen LogP contribution in [0, 0.1) is 5.82 Å². The van der Waals surface area contributed by atoms with Crippen LogP contribution in [-0.2, 0) is 11.2 Å². The van der Waals surface area contributed by atoms with Gasteiger partial charge in [0.2, 0.25) is 5.91 Å². The van der Waals surface area contributed by atoms with Gasteiger partial charge in [-0.25, -0.2) is 9.38 Å². The quantitative estimate of drug-likeness (QED) is 0.338. The molecular formula is C28H34FN7O3. The number of benzene rings is 2. The van der Waals surface area contributed by atoms with Gasteiger partial charge in [-0.2, -0.15) is 5.10 Å². The van der Waals surface area contributed by atoms with Crippen LogP contribution >= 0.6 is 0 Å². The van der Waals surface area contributed by atoms with E-state index in [4.69, 9.17) is 20.2 Å². The van der Waals surface area contributed by atoms with Crippen molar-refractivity contribution in [2.24, 2.45) is 10.7 Å². The van der Waals surface area contributed by atoms with Crippen LogP contribution in [0.2, 0.25) is 0 Å². The van der Waals surface area contributed by atoms with Crippen LogP contribution in [0.15, 0.2) is 47.5 Å². The lowest BCUT2D eigenvalue weighted by Crippen LogP contribution is -2.40. The minimum atomic E-state index is -0.473. The highest BCUT2D eigenvalue weighted by molar-refractivity contribution is 6.16. The van der Waals surface area contributed by atoms with E-state index in [0.29, 0.717) is 47.8 Å². The summed E-state index contributed by atoms with van der Waals surface area (Å²) in [6, 6.07) is 11.8. The van der Waals surface area contributed by atoms with Gasteiger partial charge >= 0.3 is 0 Å². The number of amides is 1. The number of aliphatic imine (C=N–C) groups is 1. The Balaban J connectivity index is 1.43. The van der Waals surface area contributed by atoms with Gasteiger partial charge in [-0.05, 0) is 56.6 Å². The molecule has 39 heavy (non-hydrogen) atoms. The molecule has 0 saturated carbocycles. The number of carbonyl (C=O) groups excluding carboxylic acids is 1. The highest BCUT2D eigenvalue weighted by Crippen LogP contribution is 2.38. The number of piperidine rings is 1. The number of primary amides is 1. The summed E-state index contributed by atoms with van der Waals surface area (Å²) in [5.41, 5.74) is 8.04. The highest BCUT2D eigenvalue weighted by atomic mass is 19.1. The number of hydrogen-bond donors (Lipinski definition) is 3. The molecule has 2 aliphatic heterocycles. The molecule has 4 N–H and O–H groups in total. The number of H-pyrrole nitrogens is 1. The van der Waals surface area contributed by atoms with E-state index in [0.717, 1.165) is 37.3 Å². The largest absolute Gasteiger partial charge is 0.493 e. The molecule has 0 atom stereocenters. The Labute approximate surface area is 227 Å². The van der Waals surface area contributed by atoms with E-state index in [-0.39, 0.29) is 12.2 Å². The summed E-state index contributed by atoms with van der Waals surface area (Å²) in [7, 11) is 1.60. The number of aromatic nitrogens is 2. The van der Waals surface area contributed by atoms with Gasteiger partial charge in [0, 0.05) is 35.6 Å². The fraction of sp³-hybridized carbons (Fsp3) is 0.393. The summed E-state index contributed by atoms with van der Waals surface area (Å²) in [5, 5.41) is 10.4. The normalized spacial score (nSPS) is 16.6. The highest BCUT2D eigenvalue weighted by Gasteiger charge is 2.27. The number of aromatic amines is 1. The molecule has 3 heterocycles. The first-order valence-electron chi connectivity index (χ1n) is 13.3. The molecule has 10 nitrogen and oxygen atoms in total. The summed E-state index contributed by atoms with van der Waals surface area (Å²) in [6.07, 6.45) is 4.82. The number of nitrogens with one attached hydrogen (secondary N) is 2. The summed E-state index contributed by atoms with van der Waals surface area (Å²) >= 11 is 0. The zero-order valence-electron chi connectivity index (χ0n) is 22.1. The van der Waals surface area contributed by atoms with E-state index in [9.17, 15) is 9.18 Å². The topological polar surface area (TPSA) is 121 Å². The van der Waals surface area contributed by atoms with Crippen LogP contribution in [0.4, 0.5) is 21.6 Å². The Hall–Kier alpha value is -4.12. The minimum Gasteiger partial charge on any atom is -0.493 e. The van der Waals surface area contributed by atoms with Crippen molar-refractivity contribution in [2.75, 3.05) is 50.2 Å². The minimum absolute atomic E-state index is 0.0237. The van der Waals surface area contributed by atoms with E-state index in [2.05, 4.69) is 20.4 Å². The van der Waals surface area contributed by atoms with Gasteiger partial charge in [0.25, 0.3) is 0 Å². The predicted octanol–water partition coefficient (Wildman–Crippen LogP) is 3.81. The zero-order valence-corrected chi connectivity index (χ0v) is 22.1. The molecule has 0 radical (unpaired) electrons. The third-order valence-corrected chi connectivity index (χ3v) is 6.88. The van der Waals surface area contributed by atoms with Gasteiger partial charge in [0.15, 0.2) is 17.3 Å². The average molecular weight is 536 g/mol. The van der Waals surface area contributed by atoms with Gasteiger partial charge in [-0.1, -0.05) is 12.5 Å². The van der Waals surface area contributed by atoms with Crippen LogP contribution in [0.5, 0.6) is 11.5 Å². The Morgan fingerprint density at radius 3 is 2.77 bits per heavy atom. The van der Waals surface area contributed by atoms with E-state index in [1.54, 1.807) is 19.2 Å². The van der Waals surface area contributed by atoms with E-state index >= 15 is 0 Å². The smallest absolute Gasteiger partial charge is 0.223 e. The van der Waals surface area contributed by atoms with Crippen molar-refractivity contribution in [1.82, 2.24) is 15.1 Å². The maximum Gasteiger partial charge on any atom is 0.223 e. The molecule has 2 aromatic carbocycles. The third-order valence-electron chi connectivity index (χ3n) is 6.88. The second-order valence-corrected chi connectivity index (χ2v) is 9.73. The molecule has 1 saturated heterocycles. The molecule has 1 fully saturated rings. The van der Waals surface area contributed by atoms with Crippen LogP contribution in [0.3, 0.4) is 0 Å². The standard InChI is InChI=1S/C28H34FN7O3/c1-38-24-16-22-23(17-25(24)39-12-6-11-35-9-3-2-4-10-35)31-18-36(21-8-5-7-19(29)13-21)28(22)32-27-15-20(33-34-27)14-26(30)37/h5,7-8,13,15-17,31H,2-4,6,9-12,14,18H2,1H3,(H2,30,37)(H,33,34). The van der Waals surface area contributed by atoms with E-state index in [1.807, 2.05) is 23.1 Å². The van der Waals surface area contributed by atoms with Crippen LogP contribution in [-0.4, -0.2) is 66.9 Å². The Bertz CT molecular complexity index is 1340. The molecular weight excluding hydrogens is 501 g/mol. The number of amidine groups is 1. The Morgan fingerprint density at radius 2 is 2.00 bits per heavy atom. The second kappa shape index (κ2) is 12.2. The number of fused-ring (bicyclic) bond motifs is 1. The SMILES string of the molecule is COc1cc2c(cc1OCCCN1CCCCC1)NCN(c1cccc(F)c1)C2=Nc1cc(CC(N)=O)[nH]n1. The monoisotopic (exact) mass is 535 g/mol. The van der Waals surface area contributed by atoms with Crippen molar-refractivity contribution in [3.63, 3.8) is 0 Å². The molecule has 1 aromatic heterocycles. The van der Waals surface area contributed by atoms with Crippen molar-refractivity contribution >= 4 is 28.9 Å².